The minimum absolute atomic E-state index is 0.0776. The normalized spacial score (nSPS) is 18.3. The molecule has 0 radical (unpaired) electrons. The van der Waals surface area contributed by atoms with Gasteiger partial charge >= 0.3 is 5.97 Å². The van der Waals surface area contributed by atoms with Crippen LogP contribution in [0.1, 0.15) is 43.4 Å². The standard InChI is InChI=1S/C25H32N2O3/c1-18-5-4-6-22(13-18)26-11-9-21(10-12-26)27(17-24(28)29)16-19-7-8-23-20(14-19)15-25(2,3)30-23/h4-8,13-14,21H,9-12,15-17H2,1-3H3,(H,28,29). The lowest BCUT2D eigenvalue weighted by Gasteiger charge is -2.39. The number of aliphatic carboxylic acids is 1. The third kappa shape index (κ3) is 4.78. The molecule has 1 fully saturated rings. The van der Waals surface area contributed by atoms with Crippen molar-refractivity contribution in [2.24, 2.45) is 0 Å². The van der Waals surface area contributed by atoms with Crippen LogP contribution in [0.2, 0.25) is 0 Å². The Hall–Kier alpha value is -2.53. The molecule has 2 aromatic carbocycles. The Balaban J connectivity index is 1.43. The van der Waals surface area contributed by atoms with Gasteiger partial charge in [-0.05, 0) is 68.5 Å². The molecular formula is C25H32N2O3. The Morgan fingerprint density at radius 3 is 2.67 bits per heavy atom. The highest BCUT2D eigenvalue weighted by atomic mass is 16.5. The van der Waals surface area contributed by atoms with Crippen molar-refractivity contribution in [3.63, 3.8) is 0 Å². The summed E-state index contributed by atoms with van der Waals surface area (Å²) in [6.45, 7) is 8.97. The van der Waals surface area contributed by atoms with Crippen molar-refractivity contribution in [2.75, 3.05) is 24.5 Å². The molecule has 0 aliphatic carbocycles. The maximum atomic E-state index is 11.6. The molecule has 5 heteroatoms. The molecule has 5 nitrogen and oxygen atoms in total. The molecule has 1 saturated heterocycles. The van der Waals surface area contributed by atoms with Crippen molar-refractivity contribution in [1.29, 1.82) is 0 Å². The molecule has 0 atom stereocenters. The van der Waals surface area contributed by atoms with Gasteiger partial charge < -0.3 is 14.7 Å². The van der Waals surface area contributed by atoms with E-state index in [4.69, 9.17) is 4.74 Å². The number of aryl methyl sites for hydroxylation is 1. The van der Waals surface area contributed by atoms with E-state index in [1.165, 1.54) is 16.8 Å². The fourth-order valence-electron chi connectivity index (χ4n) is 4.80. The van der Waals surface area contributed by atoms with Crippen LogP contribution in [0.3, 0.4) is 0 Å². The predicted molar refractivity (Wildman–Crippen MR) is 119 cm³/mol. The van der Waals surface area contributed by atoms with Crippen molar-refractivity contribution in [2.45, 2.75) is 58.2 Å². The van der Waals surface area contributed by atoms with Crippen molar-refractivity contribution in [3.05, 3.63) is 59.2 Å². The summed E-state index contributed by atoms with van der Waals surface area (Å²) in [5.74, 6) is 0.196. The quantitative estimate of drug-likeness (QED) is 0.774. The number of nitrogens with zero attached hydrogens (tertiary/aromatic N) is 2. The molecule has 30 heavy (non-hydrogen) atoms. The van der Waals surface area contributed by atoms with Gasteiger partial charge in [-0.15, -0.1) is 0 Å². The summed E-state index contributed by atoms with van der Waals surface area (Å²) in [7, 11) is 0. The van der Waals surface area contributed by atoms with Crippen LogP contribution in [0.25, 0.3) is 0 Å². The van der Waals surface area contributed by atoms with E-state index in [0.717, 1.165) is 43.7 Å². The number of hydrogen-bond donors (Lipinski definition) is 1. The molecule has 4 rings (SSSR count). The number of carbonyl (C=O) groups is 1. The number of ether oxygens (including phenoxy) is 1. The number of piperidine rings is 1. The number of fused-ring (bicyclic) bond motifs is 1. The zero-order valence-electron chi connectivity index (χ0n) is 18.2. The number of carboxylic acid groups (broad SMARTS) is 1. The topological polar surface area (TPSA) is 53.0 Å². The van der Waals surface area contributed by atoms with Gasteiger partial charge in [-0.3, -0.25) is 9.69 Å². The highest BCUT2D eigenvalue weighted by Gasteiger charge is 2.31. The number of benzene rings is 2. The molecule has 2 aromatic rings. The van der Waals surface area contributed by atoms with Gasteiger partial charge in [0.05, 0.1) is 6.54 Å². The van der Waals surface area contributed by atoms with Gasteiger partial charge in [-0.2, -0.15) is 0 Å². The van der Waals surface area contributed by atoms with Crippen LogP contribution in [0, 0.1) is 6.92 Å². The molecule has 0 spiro atoms. The first kappa shape index (κ1) is 20.7. The van der Waals surface area contributed by atoms with Gasteiger partial charge in [0.15, 0.2) is 0 Å². The number of carboxylic acids is 1. The second-order valence-electron chi connectivity index (χ2n) is 9.34. The van der Waals surface area contributed by atoms with E-state index < -0.39 is 5.97 Å². The molecular weight excluding hydrogens is 376 g/mol. The van der Waals surface area contributed by atoms with Crippen LogP contribution in [0.4, 0.5) is 5.69 Å². The van der Waals surface area contributed by atoms with Gasteiger partial charge in [-0.1, -0.05) is 24.3 Å². The van der Waals surface area contributed by atoms with E-state index in [9.17, 15) is 9.90 Å². The fraction of sp³-hybridized carbons (Fsp3) is 0.480. The van der Waals surface area contributed by atoms with E-state index in [1.807, 2.05) is 6.07 Å². The monoisotopic (exact) mass is 408 g/mol. The van der Waals surface area contributed by atoms with Gasteiger partial charge in [0.2, 0.25) is 0 Å². The Labute approximate surface area is 179 Å². The molecule has 160 valence electrons. The van der Waals surface area contributed by atoms with Crippen LogP contribution < -0.4 is 9.64 Å². The Bertz CT molecular complexity index is 916. The molecule has 0 saturated carbocycles. The molecule has 0 aromatic heterocycles. The Morgan fingerprint density at radius 1 is 1.20 bits per heavy atom. The first-order valence-electron chi connectivity index (χ1n) is 10.9. The van der Waals surface area contributed by atoms with Crippen LogP contribution >= 0.6 is 0 Å². The highest BCUT2D eigenvalue weighted by Crippen LogP contribution is 2.35. The summed E-state index contributed by atoms with van der Waals surface area (Å²) in [5, 5.41) is 9.50. The summed E-state index contributed by atoms with van der Waals surface area (Å²) >= 11 is 0. The summed E-state index contributed by atoms with van der Waals surface area (Å²) in [4.78, 5) is 16.1. The lowest BCUT2D eigenvalue weighted by molar-refractivity contribution is -0.139. The molecule has 1 N–H and O–H groups in total. The summed E-state index contributed by atoms with van der Waals surface area (Å²) < 4.78 is 5.98. The van der Waals surface area contributed by atoms with Crippen LogP contribution in [-0.2, 0) is 17.8 Å². The largest absolute Gasteiger partial charge is 0.487 e. The number of hydrogen-bond acceptors (Lipinski definition) is 4. The number of anilines is 1. The second kappa shape index (κ2) is 8.31. The Kier molecular flexibility index (Phi) is 5.74. The first-order valence-corrected chi connectivity index (χ1v) is 10.9. The lowest BCUT2D eigenvalue weighted by Crippen LogP contribution is -2.46. The SMILES string of the molecule is Cc1cccc(N2CCC(N(CC(=O)O)Cc3ccc4c(c3)CC(C)(C)O4)CC2)c1. The molecule has 0 bridgehead atoms. The molecule has 0 unspecified atom stereocenters. The lowest BCUT2D eigenvalue weighted by atomic mass is 9.98. The molecule has 2 aliphatic rings. The predicted octanol–water partition coefficient (Wildman–Crippen LogP) is 4.26. The number of rotatable bonds is 6. The van der Waals surface area contributed by atoms with Crippen LogP contribution in [-0.4, -0.2) is 47.3 Å². The van der Waals surface area contributed by atoms with Crippen molar-refractivity contribution in [3.8, 4) is 5.75 Å². The molecule has 2 heterocycles. The third-order valence-electron chi connectivity index (χ3n) is 6.20. The van der Waals surface area contributed by atoms with Crippen molar-refractivity contribution < 1.29 is 14.6 Å². The second-order valence-corrected chi connectivity index (χ2v) is 9.34. The maximum Gasteiger partial charge on any atom is 0.317 e. The molecule has 0 amide bonds. The minimum Gasteiger partial charge on any atom is -0.487 e. The fourth-order valence-corrected chi connectivity index (χ4v) is 4.80. The van der Waals surface area contributed by atoms with Crippen LogP contribution in [0.15, 0.2) is 42.5 Å². The average molecular weight is 409 g/mol. The smallest absolute Gasteiger partial charge is 0.317 e. The molecule has 2 aliphatic heterocycles. The average Bonchev–Trinajstić information content (AvgIpc) is 3.00. The maximum absolute atomic E-state index is 11.6. The van der Waals surface area contributed by atoms with E-state index in [2.05, 4.69) is 67.0 Å². The van der Waals surface area contributed by atoms with E-state index in [-0.39, 0.29) is 18.2 Å². The van der Waals surface area contributed by atoms with Crippen molar-refractivity contribution in [1.82, 2.24) is 4.90 Å². The van der Waals surface area contributed by atoms with Crippen molar-refractivity contribution >= 4 is 11.7 Å². The first-order chi connectivity index (χ1) is 14.3. The van der Waals surface area contributed by atoms with E-state index in [0.29, 0.717) is 6.54 Å². The Morgan fingerprint density at radius 2 is 1.97 bits per heavy atom. The van der Waals surface area contributed by atoms with E-state index >= 15 is 0 Å². The van der Waals surface area contributed by atoms with Gasteiger partial charge in [-0.25, -0.2) is 0 Å². The zero-order valence-corrected chi connectivity index (χ0v) is 18.2. The summed E-state index contributed by atoms with van der Waals surface area (Å²) in [5.41, 5.74) is 4.76. The van der Waals surface area contributed by atoms with Gasteiger partial charge in [0, 0.05) is 37.8 Å². The van der Waals surface area contributed by atoms with Crippen LogP contribution in [0.5, 0.6) is 5.75 Å². The highest BCUT2D eigenvalue weighted by molar-refractivity contribution is 5.69. The zero-order chi connectivity index (χ0) is 21.3. The van der Waals surface area contributed by atoms with E-state index in [1.54, 1.807) is 0 Å². The van der Waals surface area contributed by atoms with Gasteiger partial charge in [0.25, 0.3) is 0 Å². The third-order valence-corrected chi connectivity index (χ3v) is 6.20. The minimum atomic E-state index is -0.762. The summed E-state index contributed by atoms with van der Waals surface area (Å²) in [6.07, 6.45) is 2.84. The van der Waals surface area contributed by atoms with Gasteiger partial charge in [0.1, 0.15) is 11.4 Å². The summed E-state index contributed by atoms with van der Waals surface area (Å²) in [6, 6.07) is 15.2.